The summed E-state index contributed by atoms with van der Waals surface area (Å²) < 4.78 is 90.4. The Morgan fingerprint density at radius 3 is 1.70 bits per heavy atom. The number of carbonyl (C=O) groups excluding carboxylic acids is 2. The summed E-state index contributed by atoms with van der Waals surface area (Å²) in [6, 6.07) is 9.77. The topological polar surface area (TPSA) is 168 Å². The van der Waals surface area contributed by atoms with Crippen molar-refractivity contribution in [1.82, 2.24) is 15.3 Å². The van der Waals surface area contributed by atoms with Gasteiger partial charge in [-0.2, -0.15) is 13.2 Å². The molecule has 1 saturated heterocycles. The van der Waals surface area contributed by atoms with Gasteiger partial charge in [-0.3, -0.25) is 14.2 Å². The molecule has 0 aliphatic carbocycles. The summed E-state index contributed by atoms with van der Waals surface area (Å²) in [6.45, 7) is 3.27. The van der Waals surface area contributed by atoms with E-state index in [4.69, 9.17) is 0 Å². The first kappa shape index (κ1) is 33.0. The number of imide groups is 1. The maximum atomic E-state index is 14.4. The zero-order valence-electron chi connectivity index (χ0n) is 23.6. The van der Waals surface area contributed by atoms with Crippen molar-refractivity contribution in [2.75, 3.05) is 26.9 Å². The molecule has 4 rings (SSSR count). The summed E-state index contributed by atoms with van der Waals surface area (Å²) in [4.78, 5) is 36.6. The van der Waals surface area contributed by atoms with Gasteiger partial charge in [-0.25, -0.2) is 36.5 Å². The second kappa shape index (κ2) is 11.9. The van der Waals surface area contributed by atoms with Gasteiger partial charge in [0, 0.05) is 29.1 Å². The molecular formula is C26H27F3N6O6S3. The molecule has 1 fully saturated rings. The highest BCUT2D eigenvalue weighted by molar-refractivity contribution is 8.00. The molecule has 44 heavy (non-hydrogen) atoms. The number of hydrogen-bond donors (Lipinski definition) is 3. The van der Waals surface area contributed by atoms with Crippen LogP contribution >= 0.6 is 11.8 Å². The van der Waals surface area contributed by atoms with Crippen LogP contribution in [0.25, 0.3) is 0 Å². The number of carbonyl (C=O) groups is 2. The molecule has 1 aliphatic heterocycles. The van der Waals surface area contributed by atoms with Crippen LogP contribution in [0.3, 0.4) is 0 Å². The molecule has 2 unspecified atom stereocenters. The first-order valence-electron chi connectivity index (χ1n) is 12.7. The van der Waals surface area contributed by atoms with E-state index in [9.17, 15) is 39.6 Å². The summed E-state index contributed by atoms with van der Waals surface area (Å²) in [6.07, 6.45) is 4.54. The number of nitrogens with zero attached hydrogens (tertiary/aromatic N) is 3. The van der Waals surface area contributed by atoms with Crippen LogP contribution in [0.2, 0.25) is 0 Å². The molecule has 236 valence electrons. The van der Waals surface area contributed by atoms with Crippen molar-refractivity contribution in [2.24, 2.45) is 0 Å². The Kier molecular flexibility index (Phi) is 8.92. The highest BCUT2D eigenvalue weighted by atomic mass is 32.2. The average molecular weight is 673 g/mol. The fraction of sp³-hybridized carbons (Fsp3) is 0.308. The SMILES string of the molecule is CC(c1ccnc(NS(C)(=O)=O)c1)C1(C(C)c2ccnc(NS(C)(=O)=O)c2)NC(=O)N(c2ccc(SC(F)(F)F)cc2)C1=O. The number of sulfonamides is 2. The number of hydrogen-bond acceptors (Lipinski definition) is 9. The molecule has 0 saturated carbocycles. The van der Waals surface area contributed by atoms with Crippen molar-refractivity contribution in [3.8, 4) is 0 Å². The molecular weight excluding hydrogens is 646 g/mol. The van der Waals surface area contributed by atoms with Crippen LogP contribution in [0, 0.1) is 0 Å². The zero-order chi connectivity index (χ0) is 32.7. The largest absolute Gasteiger partial charge is 0.446 e. The summed E-state index contributed by atoms with van der Waals surface area (Å²) in [5, 5.41) is 2.78. The quantitative estimate of drug-likeness (QED) is 0.211. The number of aromatic nitrogens is 2. The van der Waals surface area contributed by atoms with Gasteiger partial charge in [-0.15, -0.1) is 0 Å². The summed E-state index contributed by atoms with van der Waals surface area (Å²) in [5.41, 5.74) is -5.46. The molecule has 18 heteroatoms. The number of halogens is 3. The van der Waals surface area contributed by atoms with E-state index >= 15 is 0 Å². The molecule has 0 spiro atoms. The highest BCUT2D eigenvalue weighted by Crippen LogP contribution is 2.46. The molecule has 2 atom stereocenters. The van der Waals surface area contributed by atoms with Crippen molar-refractivity contribution >= 4 is 61.1 Å². The predicted octanol–water partition coefficient (Wildman–Crippen LogP) is 4.23. The van der Waals surface area contributed by atoms with Crippen LogP contribution in [-0.4, -0.2) is 62.3 Å². The Labute approximate surface area is 256 Å². The third kappa shape index (κ3) is 7.41. The third-order valence-corrected chi connectivity index (χ3v) is 8.82. The van der Waals surface area contributed by atoms with E-state index in [-0.39, 0.29) is 34.0 Å². The molecule has 0 radical (unpaired) electrons. The zero-order valence-corrected chi connectivity index (χ0v) is 26.0. The molecule has 1 aromatic carbocycles. The van der Waals surface area contributed by atoms with Crippen molar-refractivity contribution in [3.05, 3.63) is 72.1 Å². The predicted molar refractivity (Wildman–Crippen MR) is 159 cm³/mol. The van der Waals surface area contributed by atoms with Crippen molar-refractivity contribution in [1.29, 1.82) is 0 Å². The Balaban J connectivity index is 1.82. The van der Waals surface area contributed by atoms with Gasteiger partial charge in [-0.05, 0) is 71.4 Å². The number of alkyl halides is 3. The first-order chi connectivity index (χ1) is 20.3. The monoisotopic (exact) mass is 672 g/mol. The number of thioether (sulfide) groups is 1. The summed E-state index contributed by atoms with van der Waals surface area (Å²) in [5.74, 6) is -2.53. The maximum absolute atomic E-state index is 14.4. The number of amides is 3. The van der Waals surface area contributed by atoms with Gasteiger partial charge in [-0.1, -0.05) is 13.8 Å². The van der Waals surface area contributed by atoms with Gasteiger partial charge >= 0.3 is 11.5 Å². The minimum atomic E-state index is -4.53. The van der Waals surface area contributed by atoms with Crippen molar-refractivity contribution < 1.29 is 39.6 Å². The van der Waals surface area contributed by atoms with Gasteiger partial charge in [0.1, 0.15) is 17.2 Å². The second-order valence-electron chi connectivity index (χ2n) is 10.1. The molecule has 3 amide bonds. The number of benzene rings is 1. The van der Waals surface area contributed by atoms with Crippen LogP contribution in [0.5, 0.6) is 0 Å². The highest BCUT2D eigenvalue weighted by Gasteiger charge is 2.58. The maximum Gasteiger partial charge on any atom is 0.446 e. The number of nitrogens with one attached hydrogen (secondary N) is 3. The smallest absolute Gasteiger partial charge is 0.322 e. The lowest BCUT2D eigenvalue weighted by molar-refractivity contribution is -0.123. The molecule has 0 bridgehead atoms. The van der Waals surface area contributed by atoms with Crippen LogP contribution in [0.4, 0.5) is 35.3 Å². The number of pyridine rings is 2. The number of urea groups is 1. The van der Waals surface area contributed by atoms with Crippen LogP contribution in [0.1, 0.15) is 36.8 Å². The Bertz CT molecular complexity index is 1720. The summed E-state index contributed by atoms with van der Waals surface area (Å²) in [7, 11) is -7.41. The fourth-order valence-electron chi connectivity index (χ4n) is 5.01. The fourth-order valence-corrected chi connectivity index (χ4v) is 6.53. The minimum Gasteiger partial charge on any atom is -0.322 e. The molecule has 3 heterocycles. The molecule has 2 aromatic heterocycles. The van der Waals surface area contributed by atoms with Crippen molar-refractivity contribution in [2.45, 2.75) is 41.6 Å². The normalized spacial score (nSPS) is 18.9. The van der Waals surface area contributed by atoms with Gasteiger partial charge in [0.05, 0.1) is 18.2 Å². The summed E-state index contributed by atoms with van der Waals surface area (Å²) >= 11 is -0.345. The number of anilines is 3. The Morgan fingerprint density at radius 2 is 1.30 bits per heavy atom. The van der Waals surface area contributed by atoms with E-state index in [2.05, 4.69) is 24.7 Å². The van der Waals surface area contributed by atoms with E-state index in [1.165, 1.54) is 36.7 Å². The third-order valence-electron chi connectivity index (χ3n) is 6.92. The van der Waals surface area contributed by atoms with Crippen LogP contribution in [0.15, 0.2) is 65.8 Å². The average Bonchev–Trinajstić information content (AvgIpc) is 3.16. The first-order valence-corrected chi connectivity index (χ1v) is 17.3. The van der Waals surface area contributed by atoms with Gasteiger partial charge in [0.25, 0.3) is 5.91 Å². The van der Waals surface area contributed by atoms with Gasteiger partial charge in [0.2, 0.25) is 20.0 Å². The lowest BCUT2D eigenvalue weighted by Crippen LogP contribution is -2.55. The molecule has 3 aromatic rings. The van der Waals surface area contributed by atoms with Crippen molar-refractivity contribution in [3.63, 3.8) is 0 Å². The number of rotatable bonds is 10. The van der Waals surface area contributed by atoms with Gasteiger partial charge < -0.3 is 5.32 Å². The lowest BCUT2D eigenvalue weighted by Gasteiger charge is -2.39. The van der Waals surface area contributed by atoms with Gasteiger partial charge in [0.15, 0.2) is 0 Å². The Hall–Kier alpha value is -3.90. The molecule has 3 N–H and O–H groups in total. The van der Waals surface area contributed by atoms with E-state index in [0.29, 0.717) is 11.1 Å². The van der Waals surface area contributed by atoms with E-state index in [1.807, 2.05) is 0 Å². The van der Waals surface area contributed by atoms with E-state index in [1.54, 1.807) is 26.0 Å². The van der Waals surface area contributed by atoms with Crippen LogP contribution in [-0.2, 0) is 24.8 Å². The molecule has 12 nitrogen and oxygen atoms in total. The Morgan fingerprint density at radius 1 is 0.841 bits per heavy atom. The van der Waals surface area contributed by atoms with E-state index < -0.39 is 54.9 Å². The lowest BCUT2D eigenvalue weighted by atomic mass is 9.70. The second-order valence-corrected chi connectivity index (χ2v) is 14.8. The minimum absolute atomic E-state index is 0.0172. The van der Waals surface area contributed by atoms with Crippen LogP contribution < -0.4 is 19.7 Å². The standard InChI is InChI=1S/C26H27F3N6O6S3/c1-15(17-9-11-30-21(13-17)33-43(3,38)39)25(16(2)18-10-12-31-22(14-18)34-44(4,40)41)23(36)35(24(37)32-25)19-5-7-20(8-6-19)42-26(27,28)29/h5-16H,1-4H3,(H,30,33)(H,31,34)(H,32,37). The molecule has 1 aliphatic rings. The van der Waals surface area contributed by atoms with E-state index in [0.717, 1.165) is 29.5 Å².